The smallest absolute Gasteiger partial charge is 0.312 e. The number of fused-ring (bicyclic) bond motifs is 15. The standard InChI is InChI=1S/C47H55N3O13/c1-22-13-12-14-23(2)45(58)49-36-31(21-48-50-19-17-29-15-10-11-16-30(29)46(50)59)40(55)33-34(41(36)56)39(54)27(6)43-35(33)44(57)47(8,63-43)61-20-18-32(60-9)24(3)42(62-28(7)51)26(5)38(53)25(4)37(22)52/h10-16,18,20-22,24-26,32,37-38,42,52-56H,17,19H2,1-9H3,(H,49,58)/b13-12-,20-18-,23-14-,48-21+. The number of nitrogens with one attached hydrogen (secondary N) is 1. The molecule has 0 radical (unpaired) electrons. The van der Waals surface area contributed by atoms with Crippen LogP contribution >= 0.6 is 0 Å². The number of benzene rings is 3. The van der Waals surface area contributed by atoms with Crippen LogP contribution < -0.4 is 10.1 Å². The molecule has 0 spiro atoms. The molecule has 0 aromatic heterocycles. The van der Waals surface area contributed by atoms with Gasteiger partial charge in [0, 0.05) is 73.3 Å². The summed E-state index contributed by atoms with van der Waals surface area (Å²) in [6.07, 6.45) is 4.85. The molecule has 4 aliphatic rings. The molecule has 6 N–H and O–H groups in total. The lowest BCUT2D eigenvalue weighted by Crippen LogP contribution is -2.46. The lowest BCUT2D eigenvalue weighted by molar-refractivity contribution is -0.160. The van der Waals surface area contributed by atoms with E-state index < -0.39 is 94.7 Å². The highest BCUT2D eigenvalue weighted by atomic mass is 16.7. The quantitative estimate of drug-likeness (QED) is 0.0790. The number of nitrogens with zero attached hydrogens (tertiary/aromatic N) is 2. The van der Waals surface area contributed by atoms with E-state index in [9.17, 15) is 44.7 Å². The molecule has 9 unspecified atom stereocenters. The molecule has 4 aliphatic heterocycles. The van der Waals surface area contributed by atoms with E-state index in [1.165, 1.54) is 58.2 Å². The van der Waals surface area contributed by atoms with E-state index in [0.717, 1.165) is 11.8 Å². The molecule has 0 fully saturated rings. The Morgan fingerprint density at radius 2 is 1.65 bits per heavy atom. The second-order valence-electron chi connectivity index (χ2n) is 16.7. The summed E-state index contributed by atoms with van der Waals surface area (Å²) in [4.78, 5) is 54.2. The summed E-state index contributed by atoms with van der Waals surface area (Å²) in [6, 6.07) is 7.05. The van der Waals surface area contributed by atoms with Gasteiger partial charge >= 0.3 is 11.8 Å². The van der Waals surface area contributed by atoms with Crippen molar-refractivity contribution in [1.29, 1.82) is 0 Å². The summed E-state index contributed by atoms with van der Waals surface area (Å²) in [5.74, 6) is -9.45. The highest BCUT2D eigenvalue weighted by Crippen LogP contribution is 2.55. The van der Waals surface area contributed by atoms with Crippen LogP contribution in [0.15, 0.2) is 65.5 Å². The maximum Gasteiger partial charge on any atom is 0.312 e. The summed E-state index contributed by atoms with van der Waals surface area (Å²) in [5.41, 5.74) is 0.428. The molecule has 3 aromatic rings. The number of rotatable bonds is 4. The lowest BCUT2D eigenvalue weighted by Gasteiger charge is -2.38. The Hall–Kier alpha value is -6.23. The van der Waals surface area contributed by atoms with Gasteiger partial charge < -0.3 is 49.8 Å². The fourth-order valence-electron chi connectivity index (χ4n) is 8.52. The van der Waals surface area contributed by atoms with E-state index in [2.05, 4.69) is 10.4 Å². The first-order valence-electron chi connectivity index (χ1n) is 20.8. The van der Waals surface area contributed by atoms with Crippen molar-refractivity contribution < 1.29 is 63.7 Å². The number of allylic oxidation sites excluding steroid dienone is 2. The van der Waals surface area contributed by atoms with Gasteiger partial charge in [0.25, 0.3) is 17.6 Å². The molecule has 4 heterocycles. The maximum atomic E-state index is 14.5. The van der Waals surface area contributed by atoms with Crippen LogP contribution in [0.3, 0.4) is 0 Å². The van der Waals surface area contributed by atoms with Gasteiger partial charge in [-0.25, -0.2) is 5.01 Å². The number of anilines is 1. The molecule has 16 heteroatoms. The number of hydrazone groups is 1. The van der Waals surface area contributed by atoms with Crippen LogP contribution in [0, 0.1) is 30.6 Å². The van der Waals surface area contributed by atoms with Crippen molar-refractivity contribution >= 4 is 46.2 Å². The number of esters is 1. The van der Waals surface area contributed by atoms with Gasteiger partial charge in [0.05, 0.1) is 53.0 Å². The van der Waals surface area contributed by atoms with Gasteiger partial charge in [0.2, 0.25) is 0 Å². The zero-order valence-corrected chi connectivity index (χ0v) is 36.7. The number of hydrogen-bond acceptors (Lipinski definition) is 14. The fourth-order valence-corrected chi connectivity index (χ4v) is 8.52. The molecule has 336 valence electrons. The monoisotopic (exact) mass is 869 g/mol. The number of phenols is 3. The predicted molar refractivity (Wildman–Crippen MR) is 233 cm³/mol. The van der Waals surface area contributed by atoms with Crippen molar-refractivity contribution in [2.24, 2.45) is 28.8 Å². The Kier molecular flexibility index (Phi) is 13.4. The van der Waals surface area contributed by atoms with Crippen LogP contribution in [-0.2, 0) is 30.2 Å². The summed E-state index contributed by atoms with van der Waals surface area (Å²) in [5, 5.41) is 66.2. The van der Waals surface area contributed by atoms with Crippen LogP contribution in [-0.4, -0.2) is 104 Å². The number of Topliss-reactive ketones (excluding diaryl/α,β-unsaturated/α-hetero) is 1. The van der Waals surface area contributed by atoms with Gasteiger partial charge in [-0.3, -0.25) is 19.2 Å². The van der Waals surface area contributed by atoms with Gasteiger partial charge in [-0.2, -0.15) is 5.10 Å². The number of ether oxygens (including phenoxy) is 4. The highest BCUT2D eigenvalue weighted by molar-refractivity contribution is 6.24. The average Bonchev–Trinajstić information content (AvgIpc) is 3.52. The number of aliphatic hydroxyl groups is 2. The SMILES string of the molecule is COC1/C=C\OC2(C)Oc3c(C)c(O)c4c(O)c(c(/C=N/N5CCc6ccccc6C5=O)c(O)c4c3C2=O)NC(=O)/C(C)=C\C=C/C(C)C(O)C(C)C(O)C(C)C(OC(C)=O)C1C. The van der Waals surface area contributed by atoms with Crippen molar-refractivity contribution in [3.63, 3.8) is 0 Å². The van der Waals surface area contributed by atoms with E-state index in [1.54, 1.807) is 52.0 Å². The zero-order chi connectivity index (χ0) is 46.2. The third kappa shape index (κ3) is 8.62. The largest absolute Gasteiger partial charge is 0.507 e. The number of hydrogen-bond donors (Lipinski definition) is 6. The van der Waals surface area contributed by atoms with Crippen molar-refractivity contribution in [2.75, 3.05) is 19.0 Å². The van der Waals surface area contributed by atoms with Gasteiger partial charge in [0.15, 0.2) is 5.75 Å². The van der Waals surface area contributed by atoms with Gasteiger partial charge in [-0.1, -0.05) is 64.1 Å². The molecule has 63 heavy (non-hydrogen) atoms. The van der Waals surface area contributed by atoms with Gasteiger partial charge in [0.1, 0.15) is 23.4 Å². The maximum absolute atomic E-state index is 14.5. The minimum absolute atomic E-state index is 0.00515. The first kappa shape index (κ1) is 46.3. The van der Waals surface area contributed by atoms with E-state index in [1.807, 2.05) is 12.1 Å². The Morgan fingerprint density at radius 1 is 0.952 bits per heavy atom. The molecule has 0 aliphatic carbocycles. The molecule has 16 nitrogen and oxygen atoms in total. The van der Waals surface area contributed by atoms with Crippen molar-refractivity contribution in [3.8, 4) is 23.0 Å². The fraction of sp³-hybridized carbons (Fsp3) is 0.426. The van der Waals surface area contributed by atoms with Gasteiger partial charge in [-0.15, -0.1) is 0 Å². The Morgan fingerprint density at radius 3 is 2.33 bits per heavy atom. The van der Waals surface area contributed by atoms with Crippen LogP contribution in [0.5, 0.6) is 23.0 Å². The molecule has 7 rings (SSSR count). The van der Waals surface area contributed by atoms with Gasteiger partial charge in [-0.05, 0) is 38.0 Å². The molecule has 3 aromatic carbocycles. The number of aromatic hydroxyl groups is 3. The van der Waals surface area contributed by atoms with E-state index in [4.69, 9.17) is 18.9 Å². The summed E-state index contributed by atoms with van der Waals surface area (Å²) in [6.45, 7) is 12.5. The van der Waals surface area contributed by atoms with Crippen LogP contribution in [0.4, 0.5) is 5.69 Å². The molecule has 9 atom stereocenters. The third-order valence-electron chi connectivity index (χ3n) is 12.4. The first-order valence-corrected chi connectivity index (χ1v) is 20.8. The molecular formula is C47H55N3O13. The predicted octanol–water partition coefficient (Wildman–Crippen LogP) is 5.79. The lowest BCUT2D eigenvalue weighted by atomic mass is 9.78. The van der Waals surface area contributed by atoms with Crippen LogP contribution in [0.2, 0.25) is 0 Å². The zero-order valence-electron chi connectivity index (χ0n) is 36.7. The summed E-state index contributed by atoms with van der Waals surface area (Å²) >= 11 is 0. The normalized spacial score (nSPS) is 30.0. The molecule has 0 saturated heterocycles. The van der Waals surface area contributed by atoms with E-state index in [-0.39, 0.29) is 51.0 Å². The topological polar surface area (TPSA) is 234 Å². The number of amides is 2. The minimum atomic E-state index is -2.10. The molecule has 0 saturated carbocycles. The summed E-state index contributed by atoms with van der Waals surface area (Å²) < 4.78 is 23.6. The molecule has 2 amide bonds. The highest BCUT2D eigenvalue weighted by Gasteiger charge is 2.50. The van der Waals surface area contributed by atoms with Crippen molar-refractivity contribution in [1.82, 2.24) is 5.01 Å². The Balaban J connectivity index is 1.53. The Bertz CT molecular complexity index is 2460. The molecule has 5 bridgehead atoms. The average molecular weight is 870 g/mol. The first-order chi connectivity index (χ1) is 29.7. The van der Waals surface area contributed by atoms with Crippen LogP contribution in [0.25, 0.3) is 10.8 Å². The van der Waals surface area contributed by atoms with Crippen molar-refractivity contribution in [2.45, 2.75) is 92.0 Å². The van der Waals surface area contributed by atoms with E-state index in [0.29, 0.717) is 12.0 Å². The number of methoxy groups -OCH3 is 1. The second kappa shape index (κ2) is 18.2. The third-order valence-corrected chi connectivity index (χ3v) is 12.4. The van der Waals surface area contributed by atoms with E-state index >= 15 is 0 Å². The Labute approximate surface area is 365 Å². The minimum Gasteiger partial charge on any atom is -0.507 e. The number of phenolic OH excluding ortho intramolecular Hbond substituents is 3. The molecular weight excluding hydrogens is 815 g/mol. The number of carbonyl (C=O) groups excluding carboxylic acids is 4. The number of carbonyl (C=O) groups is 4. The number of ketones is 1. The van der Waals surface area contributed by atoms with Crippen molar-refractivity contribution in [3.05, 3.63) is 88.2 Å². The number of aliphatic hydroxyl groups excluding tert-OH is 2. The summed E-state index contributed by atoms with van der Waals surface area (Å²) in [7, 11) is 1.42. The van der Waals surface area contributed by atoms with Crippen LogP contribution in [0.1, 0.15) is 85.9 Å². The second-order valence-corrected chi connectivity index (χ2v) is 16.7.